The Morgan fingerprint density at radius 3 is 1.09 bits per heavy atom. The molecule has 0 aliphatic rings. The van der Waals surface area contributed by atoms with Crippen LogP contribution >= 0.6 is 0 Å². The van der Waals surface area contributed by atoms with E-state index in [1.807, 2.05) is 0 Å². The highest BCUT2D eigenvalue weighted by Gasteiger charge is 2.11. The molecule has 0 aliphatic heterocycles. The second-order valence-corrected chi connectivity index (χ2v) is 10.7. The third-order valence-corrected chi connectivity index (χ3v) is 7.53. The molecule has 0 aliphatic carbocycles. The molecule has 0 amide bonds. The van der Waals surface area contributed by atoms with Crippen LogP contribution in [0.3, 0.4) is 0 Å². The molecule has 0 radical (unpaired) electrons. The molecule has 1 N–H and O–H groups in total. The van der Waals surface area contributed by atoms with Gasteiger partial charge in [0, 0.05) is 6.42 Å². The Hall–Kier alpha value is -0.530. The SMILES string of the molecule is CCCCCCCCCCCCCCCCCCC(C)C(C)CCCCCCCC(=O)O. The minimum absolute atomic E-state index is 0.340. The molecule has 2 atom stereocenters. The topological polar surface area (TPSA) is 37.3 Å². The number of carbonyl (C=O) groups is 1. The van der Waals surface area contributed by atoms with Crippen molar-refractivity contribution >= 4 is 5.97 Å². The Labute approximate surface area is 202 Å². The zero-order chi connectivity index (χ0) is 23.7. The lowest BCUT2D eigenvalue weighted by atomic mass is 9.86. The van der Waals surface area contributed by atoms with Crippen LogP contribution < -0.4 is 0 Å². The summed E-state index contributed by atoms with van der Waals surface area (Å²) < 4.78 is 0. The van der Waals surface area contributed by atoms with Gasteiger partial charge in [0.15, 0.2) is 0 Å². The molecule has 0 heterocycles. The van der Waals surface area contributed by atoms with Gasteiger partial charge in [-0.1, -0.05) is 162 Å². The molecule has 192 valence electrons. The summed E-state index contributed by atoms with van der Waals surface area (Å²) in [7, 11) is 0. The summed E-state index contributed by atoms with van der Waals surface area (Å²) >= 11 is 0. The molecule has 0 rings (SSSR count). The molecule has 0 aromatic rings. The first-order valence-corrected chi connectivity index (χ1v) is 14.8. The van der Waals surface area contributed by atoms with Crippen LogP contribution in [0, 0.1) is 11.8 Å². The average Bonchev–Trinajstić information content (AvgIpc) is 2.77. The van der Waals surface area contributed by atoms with Crippen molar-refractivity contribution in [3.05, 3.63) is 0 Å². The van der Waals surface area contributed by atoms with E-state index < -0.39 is 5.97 Å². The van der Waals surface area contributed by atoms with Crippen LogP contribution in [-0.4, -0.2) is 11.1 Å². The Morgan fingerprint density at radius 2 is 0.781 bits per heavy atom. The predicted octanol–water partition coefficient (Wildman–Crippen LogP) is 10.7. The quantitative estimate of drug-likeness (QED) is 0.132. The van der Waals surface area contributed by atoms with Crippen LogP contribution in [0.2, 0.25) is 0 Å². The third kappa shape index (κ3) is 24.1. The first kappa shape index (κ1) is 31.5. The normalized spacial score (nSPS) is 13.3. The number of rotatable bonds is 26. The van der Waals surface area contributed by atoms with Gasteiger partial charge in [0.1, 0.15) is 0 Å². The smallest absolute Gasteiger partial charge is 0.303 e. The van der Waals surface area contributed by atoms with Gasteiger partial charge in [-0.25, -0.2) is 0 Å². The summed E-state index contributed by atoms with van der Waals surface area (Å²) in [5.41, 5.74) is 0. The lowest BCUT2D eigenvalue weighted by Crippen LogP contribution is -2.08. The maximum atomic E-state index is 10.5. The molecular weight excluding hydrogens is 392 g/mol. The fraction of sp³-hybridized carbons (Fsp3) is 0.967. The van der Waals surface area contributed by atoms with Crippen LogP contribution in [0.5, 0.6) is 0 Å². The van der Waals surface area contributed by atoms with Gasteiger partial charge in [0.2, 0.25) is 0 Å². The summed E-state index contributed by atoms with van der Waals surface area (Å²) in [5.74, 6) is 1.04. The third-order valence-electron chi connectivity index (χ3n) is 7.53. The standard InChI is InChI=1S/C30H60O2/c1-4-5-6-7-8-9-10-11-12-13-14-15-16-17-19-22-25-28(2)29(3)26-23-20-18-21-24-27-30(31)32/h28-29H,4-27H2,1-3H3,(H,31,32). The van der Waals surface area contributed by atoms with Crippen molar-refractivity contribution in [3.8, 4) is 0 Å². The van der Waals surface area contributed by atoms with Gasteiger partial charge in [-0.3, -0.25) is 4.79 Å². The van der Waals surface area contributed by atoms with E-state index in [-0.39, 0.29) is 0 Å². The van der Waals surface area contributed by atoms with E-state index in [9.17, 15) is 4.79 Å². The van der Waals surface area contributed by atoms with Crippen molar-refractivity contribution in [2.45, 2.75) is 175 Å². The van der Waals surface area contributed by atoms with Crippen molar-refractivity contribution < 1.29 is 9.90 Å². The Morgan fingerprint density at radius 1 is 0.500 bits per heavy atom. The van der Waals surface area contributed by atoms with Gasteiger partial charge in [0.25, 0.3) is 0 Å². The largest absolute Gasteiger partial charge is 0.481 e. The summed E-state index contributed by atoms with van der Waals surface area (Å²) in [5, 5.41) is 8.66. The molecule has 0 fully saturated rings. The number of aliphatic carboxylic acids is 1. The number of hydrogen-bond acceptors (Lipinski definition) is 1. The van der Waals surface area contributed by atoms with Gasteiger partial charge in [-0.2, -0.15) is 0 Å². The summed E-state index contributed by atoms with van der Waals surface area (Å²) in [4.78, 5) is 10.5. The second kappa shape index (κ2) is 25.1. The minimum atomic E-state index is -0.651. The summed E-state index contributed by atoms with van der Waals surface area (Å²) in [6, 6.07) is 0. The molecule has 2 nitrogen and oxygen atoms in total. The van der Waals surface area contributed by atoms with E-state index in [4.69, 9.17) is 5.11 Å². The van der Waals surface area contributed by atoms with Gasteiger partial charge < -0.3 is 5.11 Å². The molecule has 0 bridgehead atoms. The maximum absolute atomic E-state index is 10.5. The molecule has 2 heteroatoms. The molecule has 2 unspecified atom stereocenters. The van der Waals surface area contributed by atoms with E-state index in [0.29, 0.717) is 6.42 Å². The fourth-order valence-electron chi connectivity index (χ4n) is 4.86. The Kier molecular flexibility index (Phi) is 24.7. The molecule has 0 aromatic carbocycles. The summed E-state index contributed by atoms with van der Waals surface area (Å²) in [6.45, 7) is 7.17. The van der Waals surface area contributed by atoms with Gasteiger partial charge in [-0.05, 0) is 18.3 Å². The van der Waals surface area contributed by atoms with Crippen LogP contribution in [0.15, 0.2) is 0 Å². The minimum Gasteiger partial charge on any atom is -0.481 e. The molecule has 0 aromatic heterocycles. The maximum Gasteiger partial charge on any atom is 0.303 e. The number of carboxylic acid groups (broad SMARTS) is 1. The zero-order valence-electron chi connectivity index (χ0n) is 22.5. The molecule has 0 spiro atoms. The Bertz CT molecular complexity index is 379. The lowest BCUT2D eigenvalue weighted by molar-refractivity contribution is -0.137. The van der Waals surface area contributed by atoms with Crippen molar-refractivity contribution in [1.82, 2.24) is 0 Å². The highest BCUT2D eigenvalue weighted by Crippen LogP contribution is 2.24. The summed E-state index contributed by atoms with van der Waals surface area (Å²) in [6.07, 6.45) is 31.9. The van der Waals surface area contributed by atoms with Crippen molar-refractivity contribution in [2.24, 2.45) is 11.8 Å². The van der Waals surface area contributed by atoms with Crippen LogP contribution in [-0.2, 0) is 4.79 Å². The van der Waals surface area contributed by atoms with Crippen molar-refractivity contribution in [2.75, 3.05) is 0 Å². The van der Waals surface area contributed by atoms with Crippen LogP contribution in [0.1, 0.15) is 175 Å². The molecule has 32 heavy (non-hydrogen) atoms. The van der Waals surface area contributed by atoms with Gasteiger partial charge >= 0.3 is 5.97 Å². The average molecular weight is 453 g/mol. The zero-order valence-corrected chi connectivity index (χ0v) is 22.5. The van der Waals surface area contributed by atoms with Gasteiger partial charge in [-0.15, -0.1) is 0 Å². The monoisotopic (exact) mass is 452 g/mol. The number of unbranched alkanes of at least 4 members (excludes halogenated alkanes) is 19. The molecule has 0 saturated carbocycles. The molecular formula is C30H60O2. The second-order valence-electron chi connectivity index (χ2n) is 10.7. The Balaban J connectivity index is 3.28. The first-order valence-electron chi connectivity index (χ1n) is 14.8. The number of hydrogen-bond donors (Lipinski definition) is 1. The first-order chi connectivity index (χ1) is 15.6. The molecule has 0 saturated heterocycles. The van der Waals surface area contributed by atoms with Crippen LogP contribution in [0.25, 0.3) is 0 Å². The van der Waals surface area contributed by atoms with E-state index >= 15 is 0 Å². The van der Waals surface area contributed by atoms with Crippen molar-refractivity contribution in [1.29, 1.82) is 0 Å². The van der Waals surface area contributed by atoms with Crippen molar-refractivity contribution in [3.63, 3.8) is 0 Å². The van der Waals surface area contributed by atoms with Gasteiger partial charge in [0.05, 0.1) is 0 Å². The highest BCUT2D eigenvalue weighted by atomic mass is 16.4. The fourth-order valence-corrected chi connectivity index (χ4v) is 4.86. The highest BCUT2D eigenvalue weighted by molar-refractivity contribution is 5.66. The number of carboxylic acids is 1. The van der Waals surface area contributed by atoms with E-state index in [0.717, 1.165) is 24.7 Å². The van der Waals surface area contributed by atoms with E-state index in [2.05, 4.69) is 20.8 Å². The van der Waals surface area contributed by atoms with E-state index in [1.165, 1.54) is 135 Å². The lowest BCUT2D eigenvalue weighted by Gasteiger charge is -2.19. The van der Waals surface area contributed by atoms with E-state index in [1.54, 1.807) is 0 Å². The predicted molar refractivity (Wildman–Crippen MR) is 142 cm³/mol. The van der Waals surface area contributed by atoms with Crippen LogP contribution in [0.4, 0.5) is 0 Å².